The molecule has 0 amide bonds. The molecule has 0 aliphatic heterocycles. The van der Waals surface area contributed by atoms with Crippen molar-refractivity contribution in [2.45, 2.75) is 13.8 Å². The summed E-state index contributed by atoms with van der Waals surface area (Å²) >= 11 is 5.49. The summed E-state index contributed by atoms with van der Waals surface area (Å²) in [5.41, 5.74) is 1.02. The van der Waals surface area contributed by atoms with Crippen molar-refractivity contribution in [3.8, 4) is 0 Å². The standard InChI is InChI=1S/C7H11ClN2/c1-6(4-8)5-10-7(2)9-3/h5H,3-4H2,1-2H3/b6-5+,10-7-. The van der Waals surface area contributed by atoms with Crippen molar-refractivity contribution in [2.24, 2.45) is 9.98 Å². The molecule has 10 heavy (non-hydrogen) atoms. The van der Waals surface area contributed by atoms with E-state index in [2.05, 4.69) is 16.7 Å². The third-order valence-corrected chi connectivity index (χ3v) is 1.33. The second-order valence-electron chi connectivity index (χ2n) is 1.94. The largest absolute Gasteiger partial charge is 0.250 e. The van der Waals surface area contributed by atoms with Gasteiger partial charge in [0.05, 0.1) is 0 Å². The molecule has 0 rings (SSSR count). The van der Waals surface area contributed by atoms with Gasteiger partial charge < -0.3 is 0 Å². The van der Waals surface area contributed by atoms with E-state index in [1.165, 1.54) is 0 Å². The minimum Gasteiger partial charge on any atom is -0.250 e. The smallest absolute Gasteiger partial charge is 0.124 e. The highest BCUT2D eigenvalue weighted by atomic mass is 35.5. The summed E-state index contributed by atoms with van der Waals surface area (Å²) < 4.78 is 0. The van der Waals surface area contributed by atoms with Gasteiger partial charge in [0, 0.05) is 12.1 Å². The van der Waals surface area contributed by atoms with Crippen LogP contribution in [-0.2, 0) is 0 Å². The van der Waals surface area contributed by atoms with Crippen molar-refractivity contribution in [2.75, 3.05) is 5.88 Å². The third kappa shape index (κ3) is 4.27. The fraction of sp³-hybridized carbons (Fsp3) is 0.429. The Balaban J connectivity index is 4.03. The van der Waals surface area contributed by atoms with Crippen molar-refractivity contribution in [1.82, 2.24) is 0 Å². The van der Waals surface area contributed by atoms with Crippen LogP contribution in [0.3, 0.4) is 0 Å². The van der Waals surface area contributed by atoms with E-state index in [0.717, 1.165) is 5.57 Å². The van der Waals surface area contributed by atoms with Gasteiger partial charge in [0.1, 0.15) is 5.84 Å². The summed E-state index contributed by atoms with van der Waals surface area (Å²) in [4.78, 5) is 7.56. The normalized spacial score (nSPS) is 13.5. The first kappa shape index (κ1) is 9.37. The summed E-state index contributed by atoms with van der Waals surface area (Å²) in [6.07, 6.45) is 1.69. The zero-order valence-electron chi connectivity index (χ0n) is 6.26. The van der Waals surface area contributed by atoms with Gasteiger partial charge in [-0.15, -0.1) is 11.6 Å². The lowest BCUT2D eigenvalue weighted by Gasteiger charge is -1.88. The molecule has 0 saturated heterocycles. The van der Waals surface area contributed by atoms with E-state index < -0.39 is 0 Å². The molecule has 2 nitrogen and oxygen atoms in total. The minimum absolute atomic E-state index is 0.508. The number of rotatable bonds is 2. The number of halogens is 1. The molecule has 0 aromatic rings. The van der Waals surface area contributed by atoms with Crippen LogP contribution in [0, 0.1) is 0 Å². The average Bonchev–Trinajstić information content (AvgIpc) is 1.99. The zero-order valence-corrected chi connectivity index (χ0v) is 7.02. The van der Waals surface area contributed by atoms with Crippen molar-refractivity contribution in [3.63, 3.8) is 0 Å². The van der Waals surface area contributed by atoms with Gasteiger partial charge in [0.2, 0.25) is 0 Å². The van der Waals surface area contributed by atoms with E-state index in [4.69, 9.17) is 11.6 Å². The van der Waals surface area contributed by atoms with Crippen LogP contribution in [0.4, 0.5) is 0 Å². The Hall–Kier alpha value is -0.630. The minimum atomic E-state index is 0.508. The number of nitrogens with zero attached hydrogens (tertiary/aromatic N) is 2. The molecule has 0 fully saturated rings. The maximum Gasteiger partial charge on any atom is 0.124 e. The lowest BCUT2D eigenvalue weighted by molar-refractivity contribution is 1.33. The maximum atomic E-state index is 5.49. The molecule has 0 spiro atoms. The second-order valence-corrected chi connectivity index (χ2v) is 2.21. The first-order valence-electron chi connectivity index (χ1n) is 2.93. The van der Waals surface area contributed by atoms with E-state index >= 15 is 0 Å². The van der Waals surface area contributed by atoms with Crippen LogP contribution in [0.25, 0.3) is 0 Å². The fourth-order valence-corrected chi connectivity index (χ4v) is 0.348. The van der Waals surface area contributed by atoms with Crippen LogP contribution in [-0.4, -0.2) is 18.4 Å². The number of allylic oxidation sites excluding steroid dienone is 1. The molecule has 3 heteroatoms. The molecule has 0 aliphatic rings. The Morgan fingerprint density at radius 1 is 1.60 bits per heavy atom. The predicted octanol–water partition coefficient (Wildman–Crippen LogP) is 2.25. The van der Waals surface area contributed by atoms with Crippen LogP contribution in [0.1, 0.15) is 13.8 Å². The van der Waals surface area contributed by atoms with E-state index in [1.807, 2.05) is 6.92 Å². The van der Waals surface area contributed by atoms with E-state index in [0.29, 0.717) is 11.7 Å². The lowest BCUT2D eigenvalue weighted by atomic mass is 10.4. The molecule has 0 heterocycles. The summed E-state index contributed by atoms with van der Waals surface area (Å²) in [5.74, 6) is 1.16. The zero-order chi connectivity index (χ0) is 7.98. The molecular weight excluding hydrogens is 148 g/mol. The number of aliphatic imine (C=N–C) groups is 2. The quantitative estimate of drug-likeness (QED) is 0.335. The number of hydrogen-bond donors (Lipinski definition) is 0. The van der Waals surface area contributed by atoms with Gasteiger partial charge in [-0.1, -0.05) is 0 Å². The van der Waals surface area contributed by atoms with Crippen LogP contribution in [0.5, 0.6) is 0 Å². The van der Waals surface area contributed by atoms with Crippen molar-refractivity contribution in [3.05, 3.63) is 11.8 Å². The second kappa shape index (κ2) is 5.18. The van der Waals surface area contributed by atoms with E-state index in [9.17, 15) is 0 Å². The van der Waals surface area contributed by atoms with Crippen molar-refractivity contribution >= 4 is 24.2 Å². The summed E-state index contributed by atoms with van der Waals surface area (Å²) in [6.45, 7) is 7.01. The fourth-order valence-electron chi connectivity index (χ4n) is 0.279. The first-order valence-corrected chi connectivity index (χ1v) is 3.47. The topological polar surface area (TPSA) is 24.7 Å². The third-order valence-electron chi connectivity index (χ3n) is 0.911. The van der Waals surface area contributed by atoms with Crippen LogP contribution in [0.15, 0.2) is 21.8 Å². The molecule has 0 saturated carbocycles. The summed E-state index contributed by atoms with van der Waals surface area (Å²) in [7, 11) is 0. The Kier molecular flexibility index (Phi) is 4.85. The van der Waals surface area contributed by atoms with Crippen LogP contribution < -0.4 is 0 Å². The molecule has 56 valence electrons. The number of alkyl halides is 1. The molecule has 0 bridgehead atoms. The Morgan fingerprint density at radius 3 is 2.60 bits per heavy atom. The highest BCUT2D eigenvalue weighted by molar-refractivity contribution is 6.19. The molecule has 0 radical (unpaired) electrons. The number of amidine groups is 1. The molecule has 0 aliphatic carbocycles. The summed E-state index contributed by atoms with van der Waals surface area (Å²) in [5, 5.41) is 0. The Labute approximate surface area is 66.3 Å². The monoisotopic (exact) mass is 158 g/mol. The van der Waals surface area contributed by atoms with Gasteiger partial charge in [-0.3, -0.25) is 0 Å². The SMILES string of the molecule is C=N/C(C)=N\C=C(/C)CCl. The lowest BCUT2D eigenvalue weighted by Crippen LogP contribution is -1.82. The van der Waals surface area contributed by atoms with Gasteiger partial charge in [-0.05, 0) is 26.1 Å². The Bertz CT molecular complexity index is 170. The highest BCUT2D eigenvalue weighted by Gasteiger charge is 1.82. The van der Waals surface area contributed by atoms with Gasteiger partial charge in [-0.25, -0.2) is 9.98 Å². The predicted molar refractivity (Wildman–Crippen MR) is 47.1 cm³/mol. The first-order chi connectivity index (χ1) is 4.70. The van der Waals surface area contributed by atoms with Crippen molar-refractivity contribution in [1.29, 1.82) is 0 Å². The van der Waals surface area contributed by atoms with E-state index in [1.54, 1.807) is 13.1 Å². The maximum absolute atomic E-state index is 5.49. The van der Waals surface area contributed by atoms with Gasteiger partial charge >= 0.3 is 0 Å². The molecule has 0 aromatic heterocycles. The molecule has 0 aromatic carbocycles. The average molecular weight is 159 g/mol. The van der Waals surface area contributed by atoms with Gasteiger partial charge in [0.25, 0.3) is 0 Å². The molecular formula is C7H11ClN2. The highest BCUT2D eigenvalue weighted by Crippen LogP contribution is 1.95. The van der Waals surface area contributed by atoms with Crippen LogP contribution in [0.2, 0.25) is 0 Å². The van der Waals surface area contributed by atoms with Gasteiger partial charge in [0.15, 0.2) is 0 Å². The molecule has 0 atom stereocenters. The molecule has 0 unspecified atom stereocenters. The Morgan fingerprint density at radius 2 is 2.20 bits per heavy atom. The van der Waals surface area contributed by atoms with Crippen LogP contribution >= 0.6 is 11.6 Å². The molecule has 0 N–H and O–H groups in total. The van der Waals surface area contributed by atoms with Gasteiger partial charge in [-0.2, -0.15) is 0 Å². The van der Waals surface area contributed by atoms with Crippen molar-refractivity contribution < 1.29 is 0 Å². The summed E-state index contributed by atoms with van der Waals surface area (Å²) in [6, 6.07) is 0. The number of hydrogen-bond acceptors (Lipinski definition) is 1. The van der Waals surface area contributed by atoms with E-state index in [-0.39, 0.29) is 0 Å².